The van der Waals surface area contributed by atoms with Crippen LogP contribution < -0.4 is 15.9 Å². The molecule has 0 amide bonds. The van der Waals surface area contributed by atoms with Crippen molar-refractivity contribution in [1.29, 1.82) is 0 Å². The molecule has 0 spiro atoms. The van der Waals surface area contributed by atoms with Crippen LogP contribution in [0.15, 0.2) is 126 Å². The first-order chi connectivity index (χ1) is 17.4. The summed E-state index contributed by atoms with van der Waals surface area (Å²) in [6, 6.07) is 29.4. The average Bonchev–Trinajstić information content (AvgIpc) is 2.89. The molecule has 4 aromatic rings. The number of benzene rings is 4. The summed E-state index contributed by atoms with van der Waals surface area (Å²) in [5.74, 6) is 0. The van der Waals surface area contributed by atoms with Crippen molar-refractivity contribution in [2.75, 3.05) is 5.49 Å². The van der Waals surface area contributed by atoms with Crippen molar-refractivity contribution in [2.24, 2.45) is 0 Å². The van der Waals surface area contributed by atoms with Crippen molar-refractivity contribution in [3.63, 3.8) is 0 Å². The second-order valence-electron chi connectivity index (χ2n) is 8.25. The van der Waals surface area contributed by atoms with E-state index >= 15 is 0 Å². The minimum atomic E-state index is -6.32. The Bertz CT molecular complexity index is 1480. The Morgan fingerprint density at radius 1 is 0.568 bits per heavy atom. The van der Waals surface area contributed by atoms with Crippen LogP contribution in [0.4, 0.5) is 13.2 Å². The van der Waals surface area contributed by atoms with Gasteiger partial charge >= 0.3 is 214 Å². The normalized spacial score (nSPS) is 14.0. The number of alkyl halides is 3. The fourth-order valence-corrected chi connectivity index (χ4v) is 16.9. The van der Waals surface area contributed by atoms with Crippen LogP contribution in [0.1, 0.15) is 0 Å². The Labute approximate surface area is 213 Å². The van der Waals surface area contributed by atoms with Crippen molar-refractivity contribution in [1.82, 2.24) is 0 Å². The summed E-state index contributed by atoms with van der Waals surface area (Å²) >= 11 is 0. The number of hydrogen-bond donors (Lipinski definition) is 0. The van der Waals surface area contributed by atoms with Gasteiger partial charge in [-0.3, -0.25) is 0 Å². The van der Waals surface area contributed by atoms with E-state index in [4.69, 9.17) is 3.97 Å². The standard InChI is InChI=1S/C26H22F3O5PS2/c27-26(28,29)37(32,33)34-35(22-13-5-1-6-14-22,23-15-7-2-8-16-23,24-17-9-3-10-18-24)21-36(30,31)25-19-11-4-12-20-25/h1-20H,21H2. The fraction of sp³-hybridized carbons (Fsp3) is 0.0769. The quantitative estimate of drug-likeness (QED) is 0.228. The van der Waals surface area contributed by atoms with Gasteiger partial charge in [-0.15, -0.1) is 0 Å². The summed E-state index contributed by atoms with van der Waals surface area (Å²) in [6.07, 6.45) is 0. The minimum absolute atomic E-state index is 0.0123. The molecule has 0 aliphatic heterocycles. The fourth-order valence-electron chi connectivity index (χ4n) is 4.34. The second-order valence-corrected chi connectivity index (χ2v) is 16.9. The van der Waals surface area contributed by atoms with Crippen molar-refractivity contribution < 1.29 is 34.0 Å². The third-order valence-corrected chi connectivity index (χ3v) is 17.1. The van der Waals surface area contributed by atoms with Gasteiger partial charge in [0.25, 0.3) is 0 Å². The first-order valence-corrected chi connectivity index (χ1v) is 16.3. The van der Waals surface area contributed by atoms with E-state index in [0.717, 1.165) is 0 Å². The molecule has 0 bridgehead atoms. The van der Waals surface area contributed by atoms with E-state index in [1.165, 1.54) is 97.1 Å². The van der Waals surface area contributed by atoms with E-state index in [1.807, 2.05) is 0 Å². The molecule has 194 valence electrons. The number of sulfone groups is 1. The molecular formula is C26H22F3O5PS2. The predicted molar refractivity (Wildman–Crippen MR) is 140 cm³/mol. The van der Waals surface area contributed by atoms with Crippen molar-refractivity contribution in [3.8, 4) is 0 Å². The van der Waals surface area contributed by atoms with Gasteiger partial charge in [-0.2, -0.15) is 0 Å². The molecule has 0 aliphatic carbocycles. The van der Waals surface area contributed by atoms with Crippen LogP contribution in [0.2, 0.25) is 0 Å². The molecule has 0 radical (unpaired) electrons. The van der Waals surface area contributed by atoms with Gasteiger partial charge in [-0.1, -0.05) is 0 Å². The van der Waals surface area contributed by atoms with E-state index in [9.17, 15) is 30.0 Å². The molecule has 4 rings (SSSR count). The topological polar surface area (TPSA) is 77.5 Å². The Morgan fingerprint density at radius 2 is 0.892 bits per heavy atom. The number of halogens is 3. The molecule has 0 aliphatic rings. The summed E-state index contributed by atoms with van der Waals surface area (Å²) in [5.41, 5.74) is -6.87. The second kappa shape index (κ2) is 9.68. The molecule has 37 heavy (non-hydrogen) atoms. The monoisotopic (exact) mass is 566 g/mol. The zero-order valence-corrected chi connectivity index (χ0v) is 21.7. The Hall–Kier alpha value is -3.04. The summed E-state index contributed by atoms with van der Waals surface area (Å²) in [6.45, 7) is -5.47. The van der Waals surface area contributed by atoms with Crippen LogP contribution in [-0.2, 0) is 23.9 Å². The van der Waals surface area contributed by atoms with Crippen molar-refractivity contribution in [2.45, 2.75) is 10.4 Å². The molecule has 0 aromatic heterocycles. The Balaban J connectivity index is 2.26. The van der Waals surface area contributed by atoms with Gasteiger partial charge in [-0.25, -0.2) is 0 Å². The molecule has 0 saturated heterocycles. The van der Waals surface area contributed by atoms with E-state index in [2.05, 4.69) is 0 Å². The Kier molecular flexibility index (Phi) is 7.07. The molecule has 0 atom stereocenters. The molecule has 0 fully saturated rings. The van der Waals surface area contributed by atoms with Crippen LogP contribution in [0.5, 0.6) is 0 Å². The SMILES string of the molecule is O=S(=O)(CP(OS(=O)(=O)C(F)(F)F)(c1ccccc1)(c1ccccc1)c1ccccc1)c1ccccc1. The molecule has 0 unspecified atom stereocenters. The zero-order valence-electron chi connectivity index (χ0n) is 19.2. The van der Waals surface area contributed by atoms with Gasteiger partial charge in [0, 0.05) is 0 Å². The van der Waals surface area contributed by atoms with Gasteiger partial charge in [0.1, 0.15) is 0 Å². The van der Waals surface area contributed by atoms with Crippen LogP contribution in [-0.4, -0.2) is 27.8 Å². The van der Waals surface area contributed by atoms with Gasteiger partial charge < -0.3 is 0 Å². The third kappa shape index (κ3) is 4.70. The van der Waals surface area contributed by atoms with Crippen LogP contribution >= 0.6 is 6.83 Å². The predicted octanol–water partition coefficient (Wildman–Crippen LogP) is 4.73. The summed E-state index contributed by atoms with van der Waals surface area (Å²) < 4.78 is 101. The van der Waals surface area contributed by atoms with Crippen LogP contribution in [0.3, 0.4) is 0 Å². The van der Waals surface area contributed by atoms with Crippen molar-refractivity contribution in [3.05, 3.63) is 121 Å². The molecule has 0 heterocycles. The van der Waals surface area contributed by atoms with Gasteiger partial charge in [0.05, 0.1) is 0 Å². The van der Waals surface area contributed by atoms with Gasteiger partial charge in [-0.05, 0) is 0 Å². The number of hydrogen-bond acceptors (Lipinski definition) is 5. The zero-order chi connectivity index (χ0) is 26.8. The van der Waals surface area contributed by atoms with Crippen molar-refractivity contribution >= 4 is 42.7 Å². The van der Waals surface area contributed by atoms with E-state index in [-0.39, 0.29) is 20.8 Å². The first kappa shape index (κ1) is 27.0. The maximum absolute atomic E-state index is 14.0. The summed E-state index contributed by atoms with van der Waals surface area (Å²) in [5, 5.41) is 0.0368. The van der Waals surface area contributed by atoms with E-state index in [1.54, 1.807) is 24.3 Å². The van der Waals surface area contributed by atoms with Gasteiger partial charge in [0.2, 0.25) is 0 Å². The number of rotatable bonds is 8. The van der Waals surface area contributed by atoms with Crippen LogP contribution in [0.25, 0.3) is 0 Å². The molecule has 0 N–H and O–H groups in total. The molecule has 0 saturated carbocycles. The molecule has 5 nitrogen and oxygen atoms in total. The maximum atomic E-state index is 14.0. The van der Waals surface area contributed by atoms with E-state index in [0.29, 0.717) is 0 Å². The molecule has 4 aromatic carbocycles. The molecule has 11 heteroatoms. The first-order valence-electron chi connectivity index (χ1n) is 10.9. The van der Waals surface area contributed by atoms with Crippen LogP contribution in [0, 0.1) is 0 Å². The van der Waals surface area contributed by atoms with Gasteiger partial charge in [0.15, 0.2) is 0 Å². The van der Waals surface area contributed by atoms with E-state index < -0.39 is 37.8 Å². The third-order valence-electron chi connectivity index (χ3n) is 5.97. The Morgan fingerprint density at radius 3 is 1.22 bits per heavy atom. The molecular weight excluding hydrogens is 544 g/mol. The summed E-state index contributed by atoms with van der Waals surface area (Å²) in [7, 11) is -10.8. The summed E-state index contributed by atoms with van der Waals surface area (Å²) in [4.78, 5) is -0.181. The average molecular weight is 567 g/mol.